The van der Waals surface area contributed by atoms with Crippen molar-refractivity contribution >= 4 is 29.4 Å². The molecule has 10 heteroatoms. The monoisotopic (exact) mass is 382 g/mol. The second-order valence-corrected chi connectivity index (χ2v) is 5.87. The highest BCUT2D eigenvalue weighted by molar-refractivity contribution is 6.24. The van der Waals surface area contributed by atoms with E-state index in [1.54, 1.807) is 24.3 Å². The van der Waals surface area contributed by atoms with Crippen LogP contribution in [-0.4, -0.2) is 40.1 Å². The molecular weight excluding hydrogens is 368 g/mol. The lowest BCUT2D eigenvalue weighted by Gasteiger charge is -2.13. The van der Waals surface area contributed by atoms with Crippen molar-refractivity contribution in [2.75, 3.05) is 6.54 Å². The molecule has 10 nitrogen and oxygen atoms in total. The number of benzene rings is 2. The summed E-state index contributed by atoms with van der Waals surface area (Å²) in [5, 5.41) is 15.6. The molecule has 0 radical (unpaired) electrons. The van der Waals surface area contributed by atoms with Crippen LogP contribution in [0.2, 0.25) is 0 Å². The molecule has 28 heavy (non-hydrogen) atoms. The zero-order valence-electron chi connectivity index (χ0n) is 14.4. The van der Waals surface area contributed by atoms with Crippen molar-refractivity contribution in [3.63, 3.8) is 0 Å². The van der Waals surface area contributed by atoms with Gasteiger partial charge >= 0.3 is 6.03 Å². The highest BCUT2D eigenvalue weighted by Gasteiger charge is 2.41. The average molecular weight is 382 g/mol. The molecule has 1 heterocycles. The van der Waals surface area contributed by atoms with Gasteiger partial charge in [0.25, 0.3) is 17.5 Å². The fourth-order valence-corrected chi connectivity index (χ4v) is 2.74. The van der Waals surface area contributed by atoms with Gasteiger partial charge in [-0.05, 0) is 11.6 Å². The Kier molecular flexibility index (Phi) is 5.12. The van der Waals surface area contributed by atoms with Crippen molar-refractivity contribution in [2.24, 2.45) is 0 Å². The smallest absolute Gasteiger partial charge is 0.321 e. The van der Waals surface area contributed by atoms with E-state index in [1.165, 1.54) is 12.1 Å². The van der Waals surface area contributed by atoms with Gasteiger partial charge in [-0.25, -0.2) is 4.79 Å². The lowest BCUT2D eigenvalue weighted by molar-refractivity contribution is -0.385. The highest BCUT2D eigenvalue weighted by Crippen LogP contribution is 2.30. The molecule has 0 aromatic heterocycles. The van der Waals surface area contributed by atoms with Crippen LogP contribution in [0, 0.1) is 10.1 Å². The number of carbonyl (C=O) groups excluding carboxylic acids is 4. The first kappa shape index (κ1) is 18.7. The van der Waals surface area contributed by atoms with Crippen LogP contribution in [0.15, 0.2) is 48.5 Å². The van der Waals surface area contributed by atoms with E-state index in [9.17, 15) is 29.3 Å². The van der Waals surface area contributed by atoms with Crippen molar-refractivity contribution in [3.05, 3.63) is 75.3 Å². The third-order valence-electron chi connectivity index (χ3n) is 4.02. The maximum Gasteiger partial charge on any atom is 0.321 e. The van der Waals surface area contributed by atoms with E-state index in [4.69, 9.17) is 0 Å². The molecule has 5 amide bonds. The second-order valence-electron chi connectivity index (χ2n) is 5.87. The van der Waals surface area contributed by atoms with Crippen molar-refractivity contribution in [3.8, 4) is 0 Å². The number of nitrogens with zero attached hydrogens (tertiary/aromatic N) is 2. The summed E-state index contributed by atoms with van der Waals surface area (Å²) in [6.45, 7) is -0.554. The fraction of sp³-hybridized carbons (Fsp3) is 0.111. The van der Waals surface area contributed by atoms with E-state index in [0.717, 1.165) is 11.6 Å². The van der Waals surface area contributed by atoms with Gasteiger partial charge in [0.15, 0.2) is 0 Å². The summed E-state index contributed by atoms with van der Waals surface area (Å²) in [7, 11) is 0. The lowest BCUT2D eigenvalue weighted by atomic mass is 10.1. The Hall–Kier alpha value is -4.08. The molecule has 1 aliphatic heterocycles. The Balaban J connectivity index is 1.62. The second kappa shape index (κ2) is 7.66. The molecule has 2 aromatic carbocycles. The first-order chi connectivity index (χ1) is 13.4. The quantitative estimate of drug-likeness (QED) is 0.453. The number of nitro groups is 1. The van der Waals surface area contributed by atoms with E-state index in [1.807, 2.05) is 11.4 Å². The van der Waals surface area contributed by atoms with E-state index < -0.39 is 40.9 Å². The van der Waals surface area contributed by atoms with Crippen LogP contribution in [0.3, 0.4) is 0 Å². The fourth-order valence-electron chi connectivity index (χ4n) is 2.74. The third kappa shape index (κ3) is 3.70. The molecule has 0 atom stereocenters. The predicted octanol–water partition coefficient (Wildman–Crippen LogP) is 1.22. The Morgan fingerprint density at radius 2 is 1.71 bits per heavy atom. The molecule has 0 saturated heterocycles. The Labute approximate surface area is 158 Å². The largest absolute Gasteiger partial charge is 0.334 e. The number of amides is 5. The van der Waals surface area contributed by atoms with E-state index >= 15 is 0 Å². The van der Waals surface area contributed by atoms with E-state index in [-0.39, 0.29) is 17.7 Å². The number of hydrogen-bond acceptors (Lipinski definition) is 6. The minimum Gasteiger partial charge on any atom is -0.334 e. The first-order valence-electron chi connectivity index (χ1n) is 8.13. The average Bonchev–Trinajstić information content (AvgIpc) is 2.92. The van der Waals surface area contributed by atoms with Crippen molar-refractivity contribution in [2.45, 2.75) is 6.54 Å². The molecule has 0 unspecified atom stereocenters. The van der Waals surface area contributed by atoms with Gasteiger partial charge in [0, 0.05) is 12.6 Å². The van der Waals surface area contributed by atoms with Crippen molar-refractivity contribution < 1.29 is 24.1 Å². The zero-order chi connectivity index (χ0) is 20.3. The number of rotatable bonds is 5. The van der Waals surface area contributed by atoms with Gasteiger partial charge in [0.05, 0.1) is 10.5 Å². The van der Waals surface area contributed by atoms with Crippen molar-refractivity contribution in [1.29, 1.82) is 0 Å². The Morgan fingerprint density at radius 3 is 2.39 bits per heavy atom. The first-order valence-corrected chi connectivity index (χ1v) is 8.13. The molecule has 1 aliphatic rings. The van der Waals surface area contributed by atoms with Crippen LogP contribution in [-0.2, 0) is 11.3 Å². The van der Waals surface area contributed by atoms with Crippen LogP contribution >= 0.6 is 0 Å². The molecule has 0 aliphatic carbocycles. The third-order valence-corrected chi connectivity index (χ3v) is 4.02. The predicted molar refractivity (Wildman–Crippen MR) is 95.3 cm³/mol. The van der Waals surface area contributed by atoms with E-state index in [0.29, 0.717) is 4.90 Å². The molecule has 142 valence electrons. The molecule has 0 saturated carbocycles. The van der Waals surface area contributed by atoms with Gasteiger partial charge in [0.2, 0.25) is 5.91 Å². The maximum absolute atomic E-state index is 12.4. The number of nitrogens with one attached hydrogen (secondary N) is 2. The zero-order valence-corrected chi connectivity index (χ0v) is 14.4. The molecule has 2 N–H and O–H groups in total. The Morgan fingerprint density at radius 1 is 1.00 bits per heavy atom. The van der Waals surface area contributed by atoms with Crippen molar-refractivity contribution in [1.82, 2.24) is 15.5 Å². The minimum absolute atomic E-state index is 0.152. The molecule has 0 bridgehead atoms. The summed E-state index contributed by atoms with van der Waals surface area (Å²) in [6, 6.07) is 11.8. The molecule has 0 spiro atoms. The summed E-state index contributed by atoms with van der Waals surface area (Å²) in [5.41, 5.74) is -0.212. The van der Waals surface area contributed by atoms with Gasteiger partial charge in [-0.1, -0.05) is 36.4 Å². The van der Waals surface area contributed by atoms with Crippen LogP contribution in [0.4, 0.5) is 10.5 Å². The van der Waals surface area contributed by atoms with Crippen LogP contribution in [0.5, 0.6) is 0 Å². The number of fused-ring (bicyclic) bond motifs is 1. The topological polar surface area (TPSA) is 139 Å². The van der Waals surface area contributed by atoms with E-state index in [2.05, 4.69) is 5.32 Å². The van der Waals surface area contributed by atoms with Gasteiger partial charge in [-0.15, -0.1) is 0 Å². The van der Waals surface area contributed by atoms with Crippen LogP contribution in [0.25, 0.3) is 0 Å². The summed E-state index contributed by atoms with van der Waals surface area (Å²) in [6.07, 6.45) is 0. The maximum atomic E-state index is 12.4. The van der Waals surface area contributed by atoms with Gasteiger partial charge < -0.3 is 5.32 Å². The van der Waals surface area contributed by atoms with Gasteiger partial charge in [-0.2, -0.15) is 0 Å². The number of nitro benzene ring substituents is 1. The molecular formula is C18H14N4O6. The van der Waals surface area contributed by atoms with Crippen LogP contribution < -0.4 is 10.6 Å². The number of urea groups is 1. The van der Waals surface area contributed by atoms with Gasteiger partial charge in [-0.3, -0.25) is 34.7 Å². The molecule has 2 aromatic rings. The lowest BCUT2D eigenvalue weighted by Crippen LogP contribution is -2.45. The Bertz CT molecular complexity index is 989. The number of imide groups is 2. The summed E-state index contributed by atoms with van der Waals surface area (Å²) in [4.78, 5) is 59.4. The number of carbonyl (C=O) groups is 4. The summed E-state index contributed by atoms with van der Waals surface area (Å²) >= 11 is 0. The summed E-state index contributed by atoms with van der Waals surface area (Å²) in [5.74, 6) is -2.68. The minimum atomic E-state index is -0.952. The highest BCUT2D eigenvalue weighted by atomic mass is 16.6. The normalized spacial score (nSPS) is 12.5. The van der Waals surface area contributed by atoms with Gasteiger partial charge in [0.1, 0.15) is 12.1 Å². The number of hydrogen-bond donors (Lipinski definition) is 2. The molecule has 0 fully saturated rings. The standard InChI is InChI=1S/C18H14N4O6/c23-14(20-18(26)19-9-11-5-2-1-3-6-11)10-21-16(24)12-7-4-8-13(22(27)28)15(12)17(21)25/h1-8H,9-10H2,(H2,19,20,23,26). The summed E-state index contributed by atoms with van der Waals surface area (Å²) < 4.78 is 0. The molecule has 3 rings (SSSR count). The SMILES string of the molecule is O=C(CN1C(=O)c2cccc([N+](=O)[O-])c2C1=O)NC(=O)NCc1ccccc1. The van der Waals surface area contributed by atoms with Crippen LogP contribution in [0.1, 0.15) is 26.3 Å².